The van der Waals surface area contributed by atoms with E-state index in [9.17, 15) is 29.9 Å². The number of nitro groups is 1. The first-order valence-corrected chi connectivity index (χ1v) is 12.5. The molecule has 4 aromatic rings. The lowest BCUT2D eigenvalue weighted by molar-refractivity contribution is -0.387. The Morgan fingerprint density at radius 3 is 1.69 bits per heavy atom. The predicted octanol–water partition coefficient (Wildman–Crippen LogP) is 5.09. The first-order valence-electron chi connectivity index (χ1n) is 10.9. The molecule has 0 fully saturated rings. The van der Waals surface area contributed by atoms with Gasteiger partial charge in [0.1, 0.15) is 5.69 Å². The molecule has 4 N–H and O–H groups in total. The molecule has 0 aliphatic carbocycles. The molecule has 2 aromatic heterocycles. The number of benzene rings is 2. The average molecular weight is 624 g/mol. The van der Waals surface area contributed by atoms with Gasteiger partial charge in [-0.1, -0.05) is 31.9 Å². The largest absolute Gasteiger partial charge is 0.505 e. The maximum atomic E-state index is 12.1. The molecule has 0 amide bonds. The fourth-order valence-corrected chi connectivity index (χ4v) is 4.79. The summed E-state index contributed by atoms with van der Waals surface area (Å²) in [5.74, 6) is -0.712. The van der Waals surface area contributed by atoms with Crippen LogP contribution in [0.5, 0.6) is 11.5 Å². The van der Waals surface area contributed by atoms with E-state index in [0.717, 1.165) is 25.6 Å². The van der Waals surface area contributed by atoms with Crippen LogP contribution in [0.3, 0.4) is 0 Å². The molecule has 0 atom stereocenters. The van der Waals surface area contributed by atoms with Gasteiger partial charge in [-0.2, -0.15) is 0 Å². The van der Waals surface area contributed by atoms with Crippen molar-refractivity contribution in [2.75, 3.05) is 5.73 Å². The van der Waals surface area contributed by atoms with E-state index < -0.39 is 21.9 Å². The van der Waals surface area contributed by atoms with Crippen LogP contribution in [0, 0.1) is 24.0 Å². The fourth-order valence-electron chi connectivity index (χ4n) is 4.15. The van der Waals surface area contributed by atoms with E-state index in [1.54, 1.807) is 36.6 Å². The first kappa shape index (κ1) is 27.2. The van der Waals surface area contributed by atoms with Gasteiger partial charge < -0.3 is 25.1 Å². The third kappa shape index (κ3) is 4.35. The Morgan fingerprint density at radius 2 is 1.28 bits per heavy atom. The molecule has 36 heavy (non-hydrogen) atoms. The van der Waals surface area contributed by atoms with Gasteiger partial charge in [0.25, 0.3) is 5.56 Å². The number of aromatic hydroxyl groups is 2. The van der Waals surface area contributed by atoms with Crippen LogP contribution in [-0.4, -0.2) is 24.3 Å². The Balaban J connectivity index is 0.000000202. The van der Waals surface area contributed by atoms with Crippen LogP contribution in [0.1, 0.15) is 25.0 Å². The van der Waals surface area contributed by atoms with E-state index in [1.165, 1.54) is 4.57 Å². The molecule has 0 saturated carbocycles. The number of hydrogen-bond acceptors (Lipinski definition) is 7. The van der Waals surface area contributed by atoms with Crippen molar-refractivity contribution in [3.63, 3.8) is 0 Å². The molecule has 4 rings (SSSR count). The van der Waals surface area contributed by atoms with Crippen molar-refractivity contribution < 1.29 is 15.1 Å². The molecule has 0 unspecified atom stereocenters. The summed E-state index contributed by atoms with van der Waals surface area (Å²) in [4.78, 5) is 34.1. The zero-order chi connectivity index (χ0) is 27.1. The smallest absolute Gasteiger partial charge is 0.375 e. The molecule has 10 nitrogen and oxygen atoms in total. The van der Waals surface area contributed by atoms with E-state index in [0.29, 0.717) is 22.8 Å². The molecule has 0 aliphatic rings. The maximum absolute atomic E-state index is 12.1. The van der Waals surface area contributed by atoms with Crippen molar-refractivity contribution in [3.05, 3.63) is 75.2 Å². The lowest BCUT2D eigenvalue weighted by Gasteiger charge is -2.14. The van der Waals surface area contributed by atoms with Gasteiger partial charge in [0.15, 0.2) is 5.75 Å². The van der Waals surface area contributed by atoms with Crippen molar-refractivity contribution >= 4 is 65.0 Å². The molecule has 12 heteroatoms. The lowest BCUT2D eigenvalue weighted by Crippen LogP contribution is -2.23. The van der Waals surface area contributed by atoms with Gasteiger partial charge in [-0.05, 0) is 63.1 Å². The van der Waals surface area contributed by atoms with Gasteiger partial charge in [-0.3, -0.25) is 19.7 Å². The highest BCUT2D eigenvalue weighted by molar-refractivity contribution is 9.10. The molecule has 0 bridgehead atoms. The van der Waals surface area contributed by atoms with Crippen LogP contribution >= 0.6 is 31.9 Å². The SMILES string of the molecule is CCn1c(=O)c(N)c(O)c2ccc(Br)c(C)c21.CCn1c(=O)c([N+](=O)[O-])c(O)c2ccc(Br)c(C)c21. The van der Waals surface area contributed by atoms with E-state index in [-0.39, 0.29) is 23.5 Å². The molecule has 2 heterocycles. The van der Waals surface area contributed by atoms with E-state index in [2.05, 4.69) is 31.9 Å². The molecular weight excluding hydrogens is 600 g/mol. The van der Waals surface area contributed by atoms with Crippen molar-refractivity contribution in [2.24, 2.45) is 0 Å². The highest BCUT2D eigenvalue weighted by Gasteiger charge is 2.26. The Bertz CT molecular complexity index is 1660. The summed E-state index contributed by atoms with van der Waals surface area (Å²) in [5, 5.41) is 31.7. The third-order valence-corrected chi connectivity index (χ3v) is 7.72. The van der Waals surface area contributed by atoms with Crippen LogP contribution in [-0.2, 0) is 13.1 Å². The van der Waals surface area contributed by atoms with Gasteiger partial charge in [-0.25, -0.2) is 0 Å². The summed E-state index contributed by atoms with van der Waals surface area (Å²) in [6.45, 7) is 8.07. The van der Waals surface area contributed by atoms with E-state index in [4.69, 9.17) is 5.73 Å². The Labute approximate surface area is 222 Å². The number of halogens is 2. The third-order valence-electron chi connectivity index (χ3n) is 6.00. The summed E-state index contributed by atoms with van der Waals surface area (Å²) >= 11 is 6.76. The first-order chi connectivity index (χ1) is 16.9. The number of nitrogen functional groups attached to an aromatic ring is 1. The Hall–Kier alpha value is -3.38. The van der Waals surface area contributed by atoms with Crippen LogP contribution in [0.2, 0.25) is 0 Å². The molecule has 0 radical (unpaired) electrons. The molecular formula is C24H24Br2N4O6. The number of nitrogens with two attached hydrogens (primary N) is 1. The molecule has 0 spiro atoms. The normalized spacial score (nSPS) is 10.9. The minimum Gasteiger partial charge on any atom is -0.505 e. The number of hydrogen-bond donors (Lipinski definition) is 3. The number of aryl methyl sites for hydroxylation is 4. The molecule has 190 valence electrons. The summed E-state index contributed by atoms with van der Waals surface area (Å²) in [6, 6.07) is 6.83. The minimum atomic E-state index is -0.847. The standard InChI is InChI=1S/C12H11BrN2O4.C12H13BrN2O2/c1-3-14-9-6(2)8(13)5-4-7(9)11(16)10(12(14)17)15(18)19;1-3-15-10-6(2)8(13)5-4-7(10)11(16)9(14)12(15)17/h4-5,16H,3H2,1-2H3;4-5,16H,3,14H2,1-2H3. The summed E-state index contributed by atoms with van der Waals surface area (Å²) in [6.07, 6.45) is 0. The van der Waals surface area contributed by atoms with Crippen molar-refractivity contribution in [1.29, 1.82) is 0 Å². The summed E-state index contributed by atoms with van der Waals surface area (Å²) in [7, 11) is 0. The van der Waals surface area contributed by atoms with Crippen LogP contribution in [0.15, 0.2) is 42.8 Å². The highest BCUT2D eigenvalue weighted by Crippen LogP contribution is 2.35. The number of nitrogens with zero attached hydrogens (tertiary/aromatic N) is 3. The zero-order valence-electron chi connectivity index (χ0n) is 19.9. The quantitative estimate of drug-likeness (QED) is 0.212. The number of rotatable bonds is 3. The van der Waals surface area contributed by atoms with Gasteiger partial charge in [0.05, 0.1) is 16.0 Å². The number of aromatic nitrogens is 2. The Morgan fingerprint density at radius 1 is 0.861 bits per heavy atom. The molecule has 2 aromatic carbocycles. The average Bonchev–Trinajstić information content (AvgIpc) is 2.83. The second kappa shape index (κ2) is 10.3. The van der Waals surface area contributed by atoms with Gasteiger partial charge >= 0.3 is 11.2 Å². The zero-order valence-corrected chi connectivity index (χ0v) is 23.1. The minimum absolute atomic E-state index is 0.0962. The van der Waals surface area contributed by atoms with Crippen LogP contribution in [0.4, 0.5) is 11.4 Å². The predicted molar refractivity (Wildman–Crippen MR) is 147 cm³/mol. The fraction of sp³-hybridized carbons (Fsp3) is 0.250. The molecule has 0 saturated heterocycles. The maximum Gasteiger partial charge on any atom is 0.375 e. The topological polar surface area (TPSA) is 154 Å². The van der Waals surface area contributed by atoms with E-state index >= 15 is 0 Å². The summed E-state index contributed by atoms with van der Waals surface area (Å²) in [5.41, 5.74) is 6.49. The van der Waals surface area contributed by atoms with Crippen LogP contribution in [0.25, 0.3) is 21.8 Å². The number of pyridine rings is 2. The van der Waals surface area contributed by atoms with Gasteiger partial charge in [0, 0.05) is 32.8 Å². The van der Waals surface area contributed by atoms with Gasteiger partial charge in [0.2, 0.25) is 5.75 Å². The van der Waals surface area contributed by atoms with Crippen LogP contribution < -0.4 is 16.9 Å². The lowest BCUT2D eigenvalue weighted by atomic mass is 10.1. The van der Waals surface area contributed by atoms with Crippen molar-refractivity contribution in [3.8, 4) is 11.5 Å². The van der Waals surface area contributed by atoms with Gasteiger partial charge in [-0.15, -0.1) is 0 Å². The second-order valence-corrected chi connectivity index (χ2v) is 9.66. The second-order valence-electron chi connectivity index (χ2n) is 7.95. The van der Waals surface area contributed by atoms with Crippen molar-refractivity contribution in [1.82, 2.24) is 9.13 Å². The summed E-state index contributed by atoms with van der Waals surface area (Å²) < 4.78 is 4.54. The molecule has 0 aliphatic heterocycles. The van der Waals surface area contributed by atoms with Crippen molar-refractivity contribution in [2.45, 2.75) is 40.8 Å². The Kier molecular flexibility index (Phi) is 7.79. The number of anilines is 1. The highest BCUT2D eigenvalue weighted by atomic mass is 79.9. The number of fused-ring (bicyclic) bond motifs is 2. The van der Waals surface area contributed by atoms with E-state index in [1.807, 2.05) is 19.9 Å². The monoisotopic (exact) mass is 622 g/mol.